The molecule has 1 N–H and O–H groups in total. The fraction of sp³-hybridized carbons (Fsp3) is 0.588. The summed E-state index contributed by atoms with van der Waals surface area (Å²) in [7, 11) is -3.40. The number of sulfonamides is 1. The van der Waals surface area contributed by atoms with E-state index >= 15 is 0 Å². The highest BCUT2D eigenvalue weighted by atomic mass is 32.2. The van der Waals surface area contributed by atoms with Crippen LogP contribution in [0.3, 0.4) is 0 Å². The van der Waals surface area contributed by atoms with Crippen molar-refractivity contribution in [3.63, 3.8) is 0 Å². The Labute approximate surface area is 140 Å². The van der Waals surface area contributed by atoms with Crippen molar-refractivity contribution in [2.24, 2.45) is 5.92 Å². The van der Waals surface area contributed by atoms with Crippen LogP contribution in [0.15, 0.2) is 18.2 Å². The second-order valence-corrected chi connectivity index (χ2v) is 7.77. The third-order valence-corrected chi connectivity index (χ3v) is 5.40. The van der Waals surface area contributed by atoms with Crippen molar-refractivity contribution >= 4 is 21.6 Å². The highest BCUT2D eigenvalue weighted by molar-refractivity contribution is 7.92. The van der Waals surface area contributed by atoms with Gasteiger partial charge in [-0.3, -0.25) is 9.10 Å². The number of amides is 1. The highest BCUT2D eigenvalue weighted by Gasteiger charge is 2.20. The number of nitrogens with zero attached hydrogens (tertiary/aromatic N) is 1. The lowest BCUT2D eigenvalue weighted by atomic mass is 10.0. The molecule has 0 saturated carbocycles. The average molecular weight is 340 g/mol. The lowest BCUT2D eigenvalue weighted by Gasteiger charge is -2.25. The molecule has 0 unspecified atom stereocenters. The van der Waals surface area contributed by atoms with Crippen LogP contribution in [0.1, 0.15) is 37.8 Å². The molecule has 6 heteroatoms. The average Bonchev–Trinajstić information content (AvgIpc) is 2.47. The molecule has 0 atom stereocenters. The molecular weight excluding hydrogens is 312 g/mol. The van der Waals surface area contributed by atoms with Crippen molar-refractivity contribution < 1.29 is 13.2 Å². The lowest BCUT2D eigenvalue weighted by molar-refractivity contribution is -0.125. The maximum absolute atomic E-state index is 12.1. The van der Waals surface area contributed by atoms with Gasteiger partial charge in [0.05, 0.1) is 18.5 Å². The molecule has 0 fully saturated rings. The second kappa shape index (κ2) is 8.34. The Bertz CT molecular complexity index is 637. The largest absolute Gasteiger partial charge is 0.354 e. The van der Waals surface area contributed by atoms with Gasteiger partial charge in [-0.05, 0) is 43.9 Å². The van der Waals surface area contributed by atoms with Gasteiger partial charge in [-0.1, -0.05) is 26.0 Å². The van der Waals surface area contributed by atoms with Gasteiger partial charge < -0.3 is 5.32 Å². The number of anilines is 1. The Morgan fingerprint density at radius 1 is 1.22 bits per heavy atom. The van der Waals surface area contributed by atoms with Crippen molar-refractivity contribution in [2.45, 2.75) is 40.5 Å². The minimum atomic E-state index is -3.40. The Hall–Kier alpha value is -1.56. The van der Waals surface area contributed by atoms with E-state index < -0.39 is 10.0 Å². The quantitative estimate of drug-likeness (QED) is 0.791. The van der Waals surface area contributed by atoms with Crippen LogP contribution in [0.25, 0.3) is 0 Å². The molecule has 0 aliphatic rings. The molecule has 1 rings (SSSR count). The van der Waals surface area contributed by atoms with Crippen LogP contribution >= 0.6 is 0 Å². The molecule has 1 aromatic rings. The molecular formula is C17H28N2O3S. The monoisotopic (exact) mass is 340 g/mol. The number of aryl methyl sites for hydroxylation is 1. The molecule has 1 amide bonds. The number of benzene rings is 1. The van der Waals surface area contributed by atoms with Gasteiger partial charge >= 0.3 is 0 Å². The number of carbonyl (C=O) groups is 1. The van der Waals surface area contributed by atoms with Crippen LogP contribution in [-0.4, -0.2) is 33.7 Å². The van der Waals surface area contributed by atoms with Crippen molar-refractivity contribution in [1.29, 1.82) is 0 Å². The van der Waals surface area contributed by atoms with E-state index in [0.717, 1.165) is 24.0 Å². The summed E-state index contributed by atoms with van der Waals surface area (Å²) in [6.45, 7) is 8.35. The van der Waals surface area contributed by atoms with Gasteiger partial charge in [-0.15, -0.1) is 0 Å². The van der Waals surface area contributed by atoms with E-state index in [-0.39, 0.29) is 18.4 Å². The number of hydrogen-bond donors (Lipinski definition) is 1. The maximum Gasteiger partial charge on any atom is 0.232 e. The predicted molar refractivity (Wildman–Crippen MR) is 95.2 cm³/mol. The van der Waals surface area contributed by atoms with Crippen LogP contribution in [0.5, 0.6) is 0 Å². The first-order chi connectivity index (χ1) is 10.7. The normalized spacial score (nSPS) is 11.6. The fourth-order valence-corrected chi connectivity index (χ4v) is 3.53. The predicted octanol–water partition coefficient (Wildman–Crippen LogP) is 2.62. The summed E-state index contributed by atoms with van der Waals surface area (Å²) in [5.41, 5.74) is 2.64. The van der Waals surface area contributed by atoms with Crippen molar-refractivity contribution in [3.05, 3.63) is 29.3 Å². The SMILES string of the molecule is CCC(CC)C(=O)NCCN(c1cccc(C)c1C)S(C)(=O)=O. The minimum Gasteiger partial charge on any atom is -0.354 e. The summed E-state index contributed by atoms with van der Waals surface area (Å²) < 4.78 is 25.6. The van der Waals surface area contributed by atoms with E-state index in [0.29, 0.717) is 12.2 Å². The van der Waals surface area contributed by atoms with E-state index in [1.165, 1.54) is 10.6 Å². The summed E-state index contributed by atoms with van der Waals surface area (Å²) >= 11 is 0. The zero-order valence-corrected chi connectivity index (χ0v) is 15.5. The van der Waals surface area contributed by atoms with E-state index in [1.54, 1.807) is 6.07 Å². The first-order valence-electron chi connectivity index (χ1n) is 8.04. The highest BCUT2D eigenvalue weighted by Crippen LogP contribution is 2.24. The number of rotatable bonds is 8. The summed E-state index contributed by atoms with van der Waals surface area (Å²) in [6, 6.07) is 5.60. The van der Waals surface area contributed by atoms with E-state index in [2.05, 4.69) is 5.32 Å². The molecule has 0 aliphatic heterocycles. The standard InChI is InChI=1S/C17H28N2O3S/c1-6-15(7-2)17(20)18-11-12-19(23(5,21)22)16-10-8-9-13(3)14(16)4/h8-10,15H,6-7,11-12H2,1-5H3,(H,18,20). The Balaban J connectivity index is 2.87. The Kier molecular flexibility index (Phi) is 7.06. The van der Waals surface area contributed by atoms with Gasteiger partial charge in [0.1, 0.15) is 0 Å². The third kappa shape index (κ3) is 5.23. The van der Waals surface area contributed by atoms with Gasteiger partial charge in [0.15, 0.2) is 0 Å². The van der Waals surface area contributed by atoms with Crippen LogP contribution in [0.4, 0.5) is 5.69 Å². The molecule has 0 heterocycles. The van der Waals surface area contributed by atoms with Crippen LogP contribution < -0.4 is 9.62 Å². The summed E-state index contributed by atoms with van der Waals surface area (Å²) in [5, 5.41) is 2.85. The lowest BCUT2D eigenvalue weighted by Crippen LogP contribution is -2.40. The second-order valence-electron chi connectivity index (χ2n) is 5.86. The Morgan fingerprint density at radius 3 is 2.35 bits per heavy atom. The van der Waals surface area contributed by atoms with E-state index in [4.69, 9.17) is 0 Å². The first-order valence-corrected chi connectivity index (χ1v) is 9.88. The summed E-state index contributed by atoms with van der Waals surface area (Å²) in [6.07, 6.45) is 2.77. The minimum absolute atomic E-state index is 0.00980. The molecule has 0 spiro atoms. The fourth-order valence-electron chi connectivity index (χ4n) is 2.56. The van der Waals surface area contributed by atoms with Crippen LogP contribution in [0.2, 0.25) is 0 Å². The van der Waals surface area contributed by atoms with Crippen LogP contribution in [-0.2, 0) is 14.8 Å². The first kappa shape index (κ1) is 19.5. The number of carbonyl (C=O) groups excluding carboxylic acids is 1. The molecule has 0 aromatic heterocycles. The van der Waals surface area contributed by atoms with Gasteiger partial charge in [-0.2, -0.15) is 0 Å². The zero-order chi connectivity index (χ0) is 17.6. The van der Waals surface area contributed by atoms with Gasteiger partial charge in [0.25, 0.3) is 0 Å². The van der Waals surface area contributed by atoms with Crippen LogP contribution in [0, 0.1) is 19.8 Å². The number of nitrogens with one attached hydrogen (secondary N) is 1. The Morgan fingerprint density at radius 2 is 1.83 bits per heavy atom. The molecule has 0 radical (unpaired) electrons. The molecule has 130 valence electrons. The van der Waals surface area contributed by atoms with Crippen molar-refractivity contribution in [1.82, 2.24) is 5.32 Å². The molecule has 0 bridgehead atoms. The van der Waals surface area contributed by atoms with E-state index in [9.17, 15) is 13.2 Å². The van der Waals surface area contributed by atoms with Gasteiger partial charge in [0.2, 0.25) is 15.9 Å². The smallest absolute Gasteiger partial charge is 0.232 e. The molecule has 0 aliphatic carbocycles. The van der Waals surface area contributed by atoms with Crippen molar-refractivity contribution in [2.75, 3.05) is 23.7 Å². The summed E-state index contributed by atoms with van der Waals surface area (Å²) in [4.78, 5) is 12.0. The maximum atomic E-state index is 12.1. The van der Waals surface area contributed by atoms with Gasteiger partial charge in [0, 0.05) is 12.5 Å². The van der Waals surface area contributed by atoms with E-state index in [1.807, 2.05) is 39.8 Å². The molecule has 1 aromatic carbocycles. The topological polar surface area (TPSA) is 66.5 Å². The van der Waals surface area contributed by atoms with Crippen molar-refractivity contribution in [3.8, 4) is 0 Å². The summed E-state index contributed by atoms with van der Waals surface area (Å²) in [5.74, 6) is -0.0215. The zero-order valence-electron chi connectivity index (χ0n) is 14.7. The van der Waals surface area contributed by atoms with Gasteiger partial charge in [-0.25, -0.2) is 8.42 Å². The molecule has 0 saturated heterocycles. The number of hydrogen-bond acceptors (Lipinski definition) is 3. The molecule has 5 nitrogen and oxygen atoms in total. The third-order valence-electron chi connectivity index (χ3n) is 4.22. The molecule has 23 heavy (non-hydrogen) atoms.